The molecule has 0 radical (unpaired) electrons. The number of fused-ring (bicyclic) bond motifs is 2. The molecule has 0 atom stereocenters. The summed E-state index contributed by atoms with van der Waals surface area (Å²) in [5.74, 6) is 0. The number of pyridine rings is 1. The Balaban J connectivity index is 2.45. The van der Waals surface area contributed by atoms with Gasteiger partial charge in [0.1, 0.15) is 0 Å². The quantitative estimate of drug-likeness (QED) is 0.736. The molecule has 0 spiro atoms. The van der Waals surface area contributed by atoms with Gasteiger partial charge >= 0.3 is 0 Å². The summed E-state index contributed by atoms with van der Waals surface area (Å²) in [4.78, 5) is 4.63. The van der Waals surface area contributed by atoms with Gasteiger partial charge in [-0.2, -0.15) is 0 Å². The fraction of sp³-hybridized carbons (Fsp3) is 0.182. The van der Waals surface area contributed by atoms with Gasteiger partial charge in [0.05, 0.1) is 20.4 Å². The van der Waals surface area contributed by atoms with Crippen molar-refractivity contribution in [2.24, 2.45) is 0 Å². The van der Waals surface area contributed by atoms with Crippen LogP contribution in [0.25, 0.3) is 20.4 Å². The van der Waals surface area contributed by atoms with Crippen LogP contribution in [-0.4, -0.2) is 12.0 Å². The molecule has 3 rings (SSSR count). The van der Waals surface area contributed by atoms with Crippen molar-refractivity contribution in [3.8, 4) is 0 Å². The Morgan fingerprint density at radius 2 is 1.73 bits per heavy atom. The molecule has 1 N–H and O–H groups in total. The fourth-order valence-electron chi connectivity index (χ4n) is 1.80. The molecule has 0 aliphatic rings. The SMILES string of the molecule is CNCc1c2sccc2nc2ccsc12. The van der Waals surface area contributed by atoms with Crippen LogP contribution in [0.1, 0.15) is 5.56 Å². The predicted molar refractivity (Wildman–Crippen MR) is 67.8 cm³/mol. The molecule has 3 aromatic rings. The lowest BCUT2D eigenvalue weighted by molar-refractivity contribution is 0.830. The second kappa shape index (κ2) is 3.56. The minimum Gasteiger partial charge on any atom is -0.316 e. The van der Waals surface area contributed by atoms with Gasteiger partial charge in [0, 0.05) is 12.1 Å². The van der Waals surface area contributed by atoms with E-state index in [1.165, 1.54) is 15.0 Å². The van der Waals surface area contributed by atoms with Crippen molar-refractivity contribution in [3.63, 3.8) is 0 Å². The summed E-state index contributed by atoms with van der Waals surface area (Å²) in [6.45, 7) is 0.913. The van der Waals surface area contributed by atoms with Crippen molar-refractivity contribution in [1.82, 2.24) is 10.3 Å². The van der Waals surface area contributed by atoms with Gasteiger partial charge in [-0.3, -0.25) is 0 Å². The van der Waals surface area contributed by atoms with Gasteiger partial charge in [0.2, 0.25) is 0 Å². The highest BCUT2D eigenvalue weighted by atomic mass is 32.1. The molecule has 0 bridgehead atoms. The zero-order valence-corrected chi connectivity index (χ0v) is 9.91. The van der Waals surface area contributed by atoms with Gasteiger partial charge in [0.15, 0.2) is 0 Å². The molecule has 3 aromatic heterocycles. The largest absolute Gasteiger partial charge is 0.316 e. The molecule has 0 saturated heterocycles. The summed E-state index contributed by atoms with van der Waals surface area (Å²) in [6, 6.07) is 4.19. The summed E-state index contributed by atoms with van der Waals surface area (Å²) in [7, 11) is 1.99. The third-order valence-electron chi connectivity index (χ3n) is 2.43. The molecule has 0 aliphatic heterocycles. The molecule has 0 aliphatic carbocycles. The molecule has 76 valence electrons. The van der Waals surface area contributed by atoms with Gasteiger partial charge in [-0.25, -0.2) is 4.98 Å². The van der Waals surface area contributed by atoms with Crippen LogP contribution in [-0.2, 0) is 6.54 Å². The minimum absolute atomic E-state index is 0.913. The van der Waals surface area contributed by atoms with Crippen LogP contribution in [0.15, 0.2) is 22.9 Å². The maximum Gasteiger partial charge on any atom is 0.0821 e. The summed E-state index contributed by atoms with van der Waals surface area (Å²) >= 11 is 3.55. The first kappa shape index (κ1) is 9.27. The highest BCUT2D eigenvalue weighted by Crippen LogP contribution is 2.32. The number of hydrogen-bond donors (Lipinski definition) is 1. The van der Waals surface area contributed by atoms with E-state index in [-0.39, 0.29) is 0 Å². The van der Waals surface area contributed by atoms with Crippen molar-refractivity contribution in [2.75, 3.05) is 7.05 Å². The van der Waals surface area contributed by atoms with Crippen molar-refractivity contribution in [1.29, 1.82) is 0 Å². The van der Waals surface area contributed by atoms with Gasteiger partial charge in [-0.1, -0.05) is 0 Å². The maximum absolute atomic E-state index is 4.63. The number of hydrogen-bond acceptors (Lipinski definition) is 4. The molecule has 2 nitrogen and oxygen atoms in total. The Morgan fingerprint density at radius 1 is 1.13 bits per heavy atom. The Kier molecular flexibility index (Phi) is 2.20. The summed E-state index contributed by atoms with van der Waals surface area (Å²) in [5.41, 5.74) is 3.63. The monoisotopic (exact) mass is 234 g/mol. The van der Waals surface area contributed by atoms with E-state index < -0.39 is 0 Å². The Bertz CT molecular complexity index is 560. The van der Waals surface area contributed by atoms with Crippen molar-refractivity contribution in [3.05, 3.63) is 28.5 Å². The summed E-state index contributed by atoms with van der Waals surface area (Å²) < 4.78 is 2.64. The smallest absolute Gasteiger partial charge is 0.0821 e. The lowest BCUT2D eigenvalue weighted by Crippen LogP contribution is -2.05. The van der Waals surface area contributed by atoms with Crippen molar-refractivity contribution < 1.29 is 0 Å². The standard InChI is InChI=1S/C11H10N2S2/c1-12-6-7-10-8(2-4-14-10)13-9-3-5-15-11(7)9/h2-5,12H,6H2,1H3. The molecule has 0 saturated carbocycles. The van der Waals surface area contributed by atoms with E-state index in [0.29, 0.717) is 0 Å². The van der Waals surface area contributed by atoms with Crippen LogP contribution in [0.5, 0.6) is 0 Å². The van der Waals surface area contributed by atoms with Crippen LogP contribution in [0, 0.1) is 0 Å². The molecule has 0 unspecified atom stereocenters. The number of nitrogens with one attached hydrogen (secondary N) is 1. The lowest BCUT2D eigenvalue weighted by Gasteiger charge is -2.03. The van der Waals surface area contributed by atoms with Crippen LogP contribution in [0.4, 0.5) is 0 Å². The molecular weight excluding hydrogens is 224 g/mol. The predicted octanol–water partition coefficient (Wildman–Crippen LogP) is 3.23. The first-order chi connectivity index (χ1) is 7.40. The average Bonchev–Trinajstić information content (AvgIpc) is 2.84. The zero-order chi connectivity index (χ0) is 10.3. The van der Waals surface area contributed by atoms with E-state index in [4.69, 9.17) is 0 Å². The van der Waals surface area contributed by atoms with E-state index in [1.807, 2.05) is 7.05 Å². The summed E-state index contributed by atoms with van der Waals surface area (Å²) in [6.07, 6.45) is 0. The Labute approximate surface area is 95.6 Å². The highest BCUT2D eigenvalue weighted by molar-refractivity contribution is 7.19. The van der Waals surface area contributed by atoms with E-state index in [9.17, 15) is 0 Å². The van der Waals surface area contributed by atoms with Crippen molar-refractivity contribution in [2.45, 2.75) is 6.54 Å². The second-order valence-corrected chi connectivity index (χ2v) is 5.22. The average molecular weight is 234 g/mol. The molecule has 4 heteroatoms. The first-order valence-electron chi connectivity index (χ1n) is 4.78. The van der Waals surface area contributed by atoms with Crippen LogP contribution in [0.3, 0.4) is 0 Å². The molecule has 15 heavy (non-hydrogen) atoms. The number of thiophene rings is 2. The van der Waals surface area contributed by atoms with Crippen LogP contribution in [0.2, 0.25) is 0 Å². The number of rotatable bonds is 2. The first-order valence-corrected chi connectivity index (χ1v) is 6.54. The van der Waals surface area contributed by atoms with E-state index >= 15 is 0 Å². The van der Waals surface area contributed by atoms with Crippen LogP contribution < -0.4 is 5.32 Å². The second-order valence-electron chi connectivity index (χ2n) is 3.39. The minimum atomic E-state index is 0.913. The number of aromatic nitrogens is 1. The normalized spacial score (nSPS) is 11.5. The van der Waals surface area contributed by atoms with E-state index in [1.54, 1.807) is 22.7 Å². The van der Waals surface area contributed by atoms with E-state index in [2.05, 4.69) is 33.2 Å². The Hall–Kier alpha value is -0.970. The van der Waals surface area contributed by atoms with Crippen LogP contribution >= 0.6 is 22.7 Å². The third-order valence-corrected chi connectivity index (χ3v) is 4.36. The van der Waals surface area contributed by atoms with E-state index in [0.717, 1.165) is 17.6 Å². The lowest BCUT2D eigenvalue weighted by atomic mass is 10.2. The molecule has 0 amide bonds. The molecular formula is C11H10N2S2. The van der Waals surface area contributed by atoms with Gasteiger partial charge in [-0.15, -0.1) is 22.7 Å². The van der Waals surface area contributed by atoms with Gasteiger partial charge < -0.3 is 5.32 Å². The Morgan fingerprint density at radius 3 is 2.27 bits per heavy atom. The molecule has 0 aromatic carbocycles. The molecule has 3 heterocycles. The highest BCUT2D eigenvalue weighted by Gasteiger charge is 2.10. The molecule has 0 fully saturated rings. The topological polar surface area (TPSA) is 24.9 Å². The number of nitrogens with zero attached hydrogens (tertiary/aromatic N) is 1. The zero-order valence-electron chi connectivity index (χ0n) is 8.28. The maximum atomic E-state index is 4.63. The third kappa shape index (κ3) is 1.37. The summed E-state index contributed by atoms with van der Waals surface area (Å²) in [5, 5.41) is 7.46. The van der Waals surface area contributed by atoms with Gasteiger partial charge in [0.25, 0.3) is 0 Å². The van der Waals surface area contributed by atoms with Crippen molar-refractivity contribution >= 4 is 43.1 Å². The van der Waals surface area contributed by atoms with Gasteiger partial charge in [-0.05, 0) is 29.9 Å². The fourth-order valence-corrected chi connectivity index (χ4v) is 3.64.